The van der Waals surface area contributed by atoms with Crippen LogP contribution in [0.1, 0.15) is 0 Å². The number of fused-ring (bicyclic) bond motifs is 10. The van der Waals surface area contributed by atoms with Crippen LogP contribution in [0.3, 0.4) is 0 Å². The number of benzene rings is 14. The van der Waals surface area contributed by atoms with Crippen molar-refractivity contribution < 1.29 is 0 Å². The number of nitrogens with zero attached hydrogens (tertiary/aromatic N) is 10. The summed E-state index contributed by atoms with van der Waals surface area (Å²) >= 11 is 0. The van der Waals surface area contributed by atoms with E-state index in [4.69, 9.17) is 29.9 Å². The Balaban J connectivity index is 0.741. The van der Waals surface area contributed by atoms with Gasteiger partial charge in [0.25, 0.3) is 6.71 Å². The van der Waals surface area contributed by atoms with E-state index in [2.05, 4.69) is 286 Å². The normalized spacial score (nSPS) is 12.3. The molecule has 18 aromatic rings. The highest BCUT2D eigenvalue weighted by Crippen LogP contribution is 2.46. The maximum atomic E-state index is 5.59. The highest BCUT2D eigenvalue weighted by atomic mass is 15.2. The summed E-state index contributed by atoms with van der Waals surface area (Å²) in [5, 5.41) is 4.60. The zero-order chi connectivity index (χ0) is 66.5. The zero-order valence-electron chi connectivity index (χ0n) is 54.5. The smallest absolute Gasteiger partial charge is 0.252 e. The van der Waals surface area contributed by atoms with Gasteiger partial charge in [0, 0.05) is 94.7 Å². The second kappa shape index (κ2) is 23.6. The van der Waals surface area contributed by atoms with Gasteiger partial charge in [-0.15, -0.1) is 0 Å². The molecule has 0 aliphatic carbocycles. The highest BCUT2D eigenvalue weighted by molar-refractivity contribution is 7.00. The third kappa shape index (κ3) is 9.58. The summed E-state index contributed by atoms with van der Waals surface area (Å²) in [6, 6.07) is 123. The Kier molecular flexibility index (Phi) is 13.4. The molecule has 0 radical (unpaired) electrons. The summed E-state index contributed by atoms with van der Waals surface area (Å²) in [4.78, 5) is 36.9. The van der Waals surface area contributed by atoms with Crippen molar-refractivity contribution >= 4 is 101 Å². The fraction of sp³-hybridized carbons (Fsp3) is 0. The number of para-hydroxylation sites is 6. The molecular weight excluding hydrogens is 1230 g/mol. The van der Waals surface area contributed by atoms with E-state index in [0.29, 0.717) is 34.9 Å². The summed E-state index contributed by atoms with van der Waals surface area (Å²) in [7, 11) is 0. The molecule has 0 unspecified atom stereocenters. The molecule has 0 amide bonds. The molecule has 0 spiro atoms. The van der Waals surface area contributed by atoms with Gasteiger partial charge in [-0.2, -0.15) is 0 Å². The van der Waals surface area contributed by atoms with E-state index in [1.807, 2.05) is 78.9 Å². The molecule has 14 aromatic carbocycles. The van der Waals surface area contributed by atoms with Crippen LogP contribution in [0.25, 0.3) is 134 Å². The monoisotopic (exact) mass is 1290 g/mol. The van der Waals surface area contributed by atoms with Crippen molar-refractivity contribution in [3.05, 3.63) is 346 Å². The van der Waals surface area contributed by atoms with Gasteiger partial charge >= 0.3 is 0 Å². The lowest BCUT2D eigenvalue weighted by molar-refractivity contribution is 1.06. The molecule has 101 heavy (non-hydrogen) atoms. The molecule has 0 bridgehead atoms. The van der Waals surface area contributed by atoms with E-state index in [0.717, 1.165) is 100 Å². The minimum atomic E-state index is 0.0653. The third-order valence-electron chi connectivity index (χ3n) is 20.0. The van der Waals surface area contributed by atoms with Crippen molar-refractivity contribution in [1.29, 1.82) is 0 Å². The van der Waals surface area contributed by atoms with Crippen molar-refractivity contribution in [1.82, 2.24) is 39.0 Å². The second-order valence-electron chi connectivity index (χ2n) is 25.8. The molecule has 11 heteroatoms. The molecule has 4 aromatic heterocycles. The van der Waals surface area contributed by atoms with E-state index < -0.39 is 0 Å². The van der Waals surface area contributed by atoms with Crippen molar-refractivity contribution in [2.75, 3.05) is 9.80 Å². The van der Waals surface area contributed by atoms with Gasteiger partial charge in [-0.1, -0.05) is 243 Å². The Morgan fingerprint density at radius 2 is 0.574 bits per heavy atom. The Morgan fingerprint density at radius 1 is 0.208 bits per heavy atom. The van der Waals surface area contributed by atoms with Crippen LogP contribution in [0.2, 0.25) is 0 Å². The van der Waals surface area contributed by atoms with E-state index in [9.17, 15) is 0 Å². The predicted octanol–water partition coefficient (Wildman–Crippen LogP) is 20.0. The maximum absolute atomic E-state index is 5.59. The highest BCUT2D eigenvalue weighted by Gasteiger charge is 2.43. The number of hydrogen-bond donors (Lipinski definition) is 0. The van der Waals surface area contributed by atoms with E-state index in [1.54, 1.807) is 0 Å². The van der Waals surface area contributed by atoms with Gasteiger partial charge in [0.15, 0.2) is 34.9 Å². The van der Waals surface area contributed by atoms with Crippen molar-refractivity contribution in [3.8, 4) is 90.8 Å². The molecule has 20 rings (SSSR count). The lowest BCUT2D eigenvalue weighted by Gasteiger charge is -2.44. The first kappa shape index (κ1) is 57.6. The average molecular weight is 1290 g/mol. The Hall–Kier alpha value is -13.6. The second-order valence-corrected chi connectivity index (χ2v) is 25.8. The SMILES string of the molecule is c1ccc(-c2nc(-c3ccccc3)nc(-c3ccc(-n4c5ccccc5c5cc6c7ccccc7n(-c7ccccc7)c6cc54)c(-c4nc(-c5ccccc5)nc(-c5ccc(-c6ccc(N7c8ccccc8B8c9ccccc9N(c9ccccc9)c9cccc7c98)cc6)cc5)n4)c3)n2)cc1. The molecule has 6 heterocycles. The van der Waals surface area contributed by atoms with Crippen LogP contribution in [0.4, 0.5) is 34.1 Å². The number of aromatic nitrogens is 8. The molecule has 10 nitrogen and oxygen atoms in total. The van der Waals surface area contributed by atoms with Crippen LogP contribution < -0.4 is 26.2 Å². The quantitative estimate of drug-likeness (QED) is 0.118. The number of rotatable bonds is 11. The minimum Gasteiger partial charge on any atom is -0.311 e. The molecule has 0 saturated heterocycles. The molecule has 0 N–H and O–H groups in total. The standard InChI is InChI=1S/C90H57BN10/c1-6-25-60(26-7-1)85-92-86(61-27-8-2-9-28-61)95-89(94-85)64-51-54-77(101-76-40-21-17-36-69(76)71-56-70-68-35-16-20-39-75(68)98(82(70)57-83(71)101)65-31-12-4-13-32-65)72(55-64)90-96-87(62-29-10-3-11-30-62)93-88(97-90)63-47-45-58(46-48-63)59-49-52-67(53-50-59)100-79-42-23-19-38-74(79)91-73-37-18-22-41-78(73)99(66-33-14-5-15-34-66)80-43-24-44-81(100)84(80)91/h1-57H. The maximum Gasteiger partial charge on any atom is 0.252 e. The average Bonchev–Trinajstić information content (AvgIpc) is 1.28. The fourth-order valence-electron chi connectivity index (χ4n) is 15.5. The molecule has 0 saturated carbocycles. The van der Waals surface area contributed by atoms with Crippen LogP contribution in [-0.2, 0) is 0 Å². The third-order valence-corrected chi connectivity index (χ3v) is 20.0. The summed E-state index contributed by atoms with van der Waals surface area (Å²) < 4.78 is 4.76. The molecule has 0 atom stereocenters. The summed E-state index contributed by atoms with van der Waals surface area (Å²) in [5.74, 6) is 3.20. The summed E-state index contributed by atoms with van der Waals surface area (Å²) in [5.41, 5.74) is 24.2. The van der Waals surface area contributed by atoms with Crippen LogP contribution in [0.15, 0.2) is 346 Å². The molecule has 2 aliphatic heterocycles. The Morgan fingerprint density at radius 3 is 1.10 bits per heavy atom. The van der Waals surface area contributed by atoms with Crippen molar-refractivity contribution in [2.24, 2.45) is 0 Å². The first-order chi connectivity index (χ1) is 50.1. The first-order valence-corrected chi connectivity index (χ1v) is 34.1. The number of hydrogen-bond acceptors (Lipinski definition) is 8. The van der Waals surface area contributed by atoms with Gasteiger partial charge in [-0.25, -0.2) is 29.9 Å². The lowest BCUT2D eigenvalue weighted by atomic mass is 9.33. The van der Waals surface area contributed by atoms with Crippen molar-refractivity contribution in [3.63, 3.8) is 0 Å². The minimum absolute atomic E-state index is 0.0653. The Bertz CT molecular complexity index is 6210. The molecule has 2 aliphatic rings. The lowest BCUT2D eigenvalue weighted by Crippen LogP contribution is -2.61. The Labute approximate surface area is 582 Å². The van der Waals surface area contributed by atoms with E-state index in [1.165, 1.54) is 49.9 Å². The van der Waals surface area contributed by atoms with Gasteiger partial charge < -0.3 is 18.9 Å². The van der Waals surface area contributed by atoms with Gasteiger partial charge in [-0.05, 0) is 131 Å². The van der Waals surface area contributed by atoms with Gasteiger partial charge in [0.1, 0.15) is 0 Å². The molecule has 470 valence electrons. The summed E-state index contributed by atoms with van der Waals surface area (Å²) in [6.45, 7) is 0.0653. The van der Waals surface area contributed by atoms with Gasteiger partial charge in [-0.3, -0.25) is 0 Å². The number of anilines is 6. The molecule has 0 fully saturated rings. The largest absolute Gasteiger partial charge is 0.311 e. The first-order valence-electron chi connectivity index (χ1n) is 34.1. The summed E-state index contributed by atoms with van der Waals surface area (Å²) in [6.07, 6.45) is 0. The topological polar surface area (TPSA) is 93.7 Å². The van der Waals surface area contributed by atoms with E-state index in [-0.39, 0.29) is 6.71 Å². The fourth-order valence-corrected chi connectivity index (χ4v) is 15.5. The van der Waals surface area contributed by atoms with E-state index >= 15 is 0 Å². The van der Waals surface area contributed by atoms with Crippen LogP contribution >= 0.6 is 0 Å². The van der Waals surface area contributed by atoms with Crippen LogP contribution in [-0.4, -0.2) is 45.8 Å². The van der Waals surface area contributed by atoms with Crippen molar-refractivity contribution in [2.45, 2.75) is 0 Å². The van der Waals surface area contributed by atoms with Crippen LogP contribution in [0.5, 0.6) is 0 Å². The van der Waals surface area contributed by atoms with Gasteiger partial charge in [0.2, 0.25) is 0 Å². The van der Waals surface area contributed by atoms with Crippen LogP contribution in [0, 0.1) is 0 Å². The van der Waals surface area contributed by atoms with Gasteiger partial charge in [0.05, 0.1) is 27.8 Å². The zero-order valence-corrected chi connectivity index (χ0v) is 54.5. The predicted molar refractivity (Wildman–Crippen MR) is 414 cm³/mol. The molecular formula is C90H57BN10.